The van der Waals surface area contributed by atoms with Gasteiger partial charge in [0.25, 0.3) is 0 Å². The van der Waals surface area contributed by atoms with Gasteiger partial charge in [-0.3, -0.25) is 4.79 Å². The van der Waals surface area contributed by atoms with Crippen molar-refractivity contribution in [1.29, 1.82) is 0 Å². The van der Waals surface area contributed by atoms with E-state index in [0.29, 0.717) is 31.5 Å². The van der Waals surface area contributed by atoms with Crippen LogP contribution in [0.1, 0.15) is 44.7 Å². The molecule has 0 saturated carbocycles. The van der Waals surface area contributed by atoms with Crippen LogP contribution in [0.2, 0.25) is 0 Å². The van der Waals surface area contributed by atoms with E-state index >= 15 is 0 Å². The first kappa shape index (κ1) is 28.8. The van der Waals surface area contributed by atoms with Crippen LogP contribution < -0.4 is 16.8 Å². The minimum Gasteiger partial charge on any atom is -0.399 e. The molecule has 0 aliphatic heterocycles. The number of hydrogen-bond donors (Lipinski definition) is 4. The highest BCUT2D eigenvalue weighted by Gasteiger charge is 2.37. The molecule has 1 amide bonds. The monoisotopic (exact) mass is 528 g/mol. The van der Waals surface area contributed by atoms with Crippen LogP contribution in [0, 0.1) is 11.8 Å². The van der Waals surface area contributed by atoms with E-state index in [0.717, 1.165) is 11.1 Å². The van der Waals surface area contributed by atoms with Crippen LogP contribution in [0.15, 0.2) is 59.5 Å². The fraction of sp³-hybridized carbons (Fsp3) is 0.464. The normalized spacial score (nSPS) is 19.0. The van der Waals surface area contributed by atoms with E-state index in [1.807, 2.05) is 57.2 Å². The van der Waals surface area contributed by atoms with Crippen LogP contribution in [-0.4, -0.2) is 55.0 Å². The molecule has 0 fully saturated rings. The highest BCUT2D eigenvalue weighted by Crippen LogP contribution is 2.30. The second-order valence-electron chi connectivity index (χ2n) is 10.4. The van der Waals surface area contributed by atoms with Crippen molar-refractivity contribution in [2.45, 2.75) is 56.5 Å². The average Bonchev–Trinajstić information content (AvgIpc) is 2.87. The molecule has 1 aliphatic rings. The number of sulfonamides is 1. The summed E-state index contributed by atoms with van der Waals surface area (Å²) in [5.41, 5.74) is 14.3. The summed E-state index contributed by atoms with van der Waals surface area (Å²) in [6, 6.07) is 13.5. The third-order valence-electron chi connectivity index (χ3n) is 6.99. The Morgan fingerprint density at radius 2 is 1.81 bits per heavy atom. The molecule has 8 nitrogen and oxygen atoms in total. The zero-order chi connectivity index (χ0) is 27.2. The van der Waals surface area contributed by atoms with E-state index in [-0.39, 0.29) is 29.9 Å². The number of carbonyl (C=O) groups is 1. The summed E-state index contributed by atoms with van der Waals surface area (Å²) in [5, 5.41) is 13.1. The number of amides is 1. The Hall–Kier alpha value is -2.72. The molecule has 0 heterocycles. The number of aliphatic hydroxyl groups excluding tert-OH is 1. The van der Waals surface area contributed by atoms with Crippen molar-refractivity contribution in [2.75, 3.05) is 25.4 Å². The number of benzene rings is 2. The first-order valence-electron chi connectivity index (χ1n) is 12.8. The summed E-state index contributed by atoms with van der Waals surface area (Å²) in [5.74, 6) is -0.540. The van der Waals surface area contributed by atoms with Gasteiger partial charge >= 0.3 is 0 Å². The number of anilines is 1. The van der Waals surface area contributed by atoms with Gasteiger partial charge < -0.3 is 21.9 Å². The van der Waals surface area contributed by atoms with Crippen LogP contribution >= 0.6 is 0 Å². The molecule has 1 unspecified atom stereocenters. The molecule has 9 heteroatoms. The lowest BCUT2D eigenvalue weighted by Crippen LogP contribution is -2.53. The van der Waals surface area contributed by atoms with Crippen LogP contribution in [0.25, 0.3) is 6.08 Å². The maximum Gasteiger partial charge on any atom is 0.243 e. The molecule has 0 spiro atoms. The van der Waals surface area contributed by atoms with Gasteiger partial charge in [0, 0.05) is 30.4 Å². The Bertz CT molecular complexity index is 1200. The molecule has 2 aromatic rings. The van der Waals surface area contributed by atoms with E-state index < -0.39 is 27.5 Å². The smallest absolute Gasteiger partial charge is 0.243 e. The van der Waals surface area contributed by atoms with E-state index in [9.17, 15) is 18.3 Å². The number of nitrogens with two attached hydrogens (primary N) is 2. The Labute approximate surface area is 220 Å². The number of nitrogens with one attached hydrogen (secondary N) is 1. The van der Waals surface area contributed by atoms with E-state index in [4.69, 9.17) is 11.5 Å². The largest absolute Gasteiger partial charge is 0.399 e. The third-order valence-corrected chi connectivity index (χ3v) is 8.92. The van der Waals surface area contributed by atoms with Gasteiger partial charge in [-0.25, -0.2) is 8.42 Å². The summed E-state index contributed by atoms with van der Waals surface area (Å²) >= 11 is 0. The highest BCUT2D eigenvalue weighted by molar-refractivity contribution is 7.89. The van der Waals surface area contributed by atoms with Crippen molar-refractivity contribution < 1.29 is 18.3 Å². The Morgan fingerprint density at radius 1 is 1.14 bits per heavy atom. The minimum atomic E-state index is -3.83. The summed E-state index contributed by atoms with van der Waals surface area (Å²) in [4.78, 5) is 13.1. The molecular weight excluding hydrogens is 488 g/mol. The van der Waals surface area contributed by atoms with Crippen molar-refractivity contribution in [2.24, 2.45) is 17.6 Å². The maximum atomic E-state index is 13.4. The fourth-order valence-corrected chi connectivity index (χ4v) is 6.45. The molecule has 37 heavy (non-hydrogen) atoms. The third kappa shape index (κ3) is 6.98. The van der Waals surface area contributed by atoms with Crippen molar-refractivity contribution in [3.05, 3.63) is 65.7 Å². The molecule has 6 N–H and O–H groups in total. The number of nitrogens with zero attached hydrogens (tertiary/aromatic N) is 1. The number of rotatable bonds is 12. The van der Waals surface area contributed by atoms with Gasteiger partial charge in [-0.15, -0.1) is 0 Å². The molecule has 0 radical (unpaired) electrons. The van der Waals surface area contributed by atoms with Gasteiger partial charge in [0.15, 0.2) is 0 Å². The number of nitrogen functional groups attached to an aromatic ring is 1. The van der Waals surface area contributed by atoms with Gasteiger partial charge in [0.2, 0.25) is 15.9 Å². The maximum absolute atomic E-state index is 13.4. The quantitative estimate of drug-likeness (QED) is 0.247. The summed E-state index contributed by atoms with van der Waals surface area (Å²) in [6.45, 7) is 6.00. The zero-order valence-electron chi connectivity index (χ0n) is 21.9. The Morgan fingerprint density at radius 3 is 2.46 bits per heavy atom. The molecule has 0 saturated heterocycles. The number of aliphatic hydroxyl groups is 1. The van der Waals surface area contributed by atoms with Gasteiger partial charge in [-0.1, -0.05) is 57.2 Å². The number of carbonyl (C=O) groups excluding carboxylic acids is 1. The molecule has 0 aromatic heterocycles. The van der Waals surface area contributed by atoms with Crippen LogP contribution in [0.3, 0.4) is 0 Å². The topological polar surface area (TPSA) is 139 Å². The summed E-state index contributed by atoms with van der Waals surface area (Å²) in [7, 11) is -3.83. The molecule has 202 valence electrons. The fourth-order valence-electron chi connectivity index (χ4n) is 4.64. The van der Waals surface area contributed by atoms with Crippen LogP contribution in [0.4, 0.5) is 5.69 Å². The van der Waals surface area contributed by atoms with Crippen molar-refractivity contribution >= 4 is 27.7 Å². The predicted octanol–water partition coefficient (Wildman–Crippen LogP) is 2.78. The number of fused-ring (bicyclic) bond motifs is 1. The molecule has 2 aromatic carbocycles. The second kappa shape index (κ2) is 12.2. The molecule has 1 aliphatic carbocycles. The molecule has 0 bridgehead atoms. The van der Waals surface area contributed by atoms with Crippen molar-refractivity contribution in [1.82, 2.24) is 9.62 Å². The molecule has 3 atom stereocenters. The van der Waals surface area contributed by atoms with E-state index in [1.54, 1.807) is 12.1 Å². The van der Waals surface area contributed by atoms with Gasteiger partial charge in [0.1, 0.15) is 0 Å². The van der Waals surface area contributed by atoms with Crippen LogP contribution in [-0.2, 0) is 21.2 Å². The molecular formula is C28H40N4O4S. The van der Waals surface area contributed by atoms with Crippen molar-refractivity contribution in [3.63, 3.8) is 0 Å². The van der Waals surface area contributed by atoms with E-state index in [2.05, 4.69) is 5.32 Å². The SMILES string of the molecule is CC(C)CN([C@H](CO)CCCNC(=O)[C@@H](C)C1(N)C=Cc2ccccc2C1)S(=O)(=O)c1ccc(N)cc1. The van der Waals surface area contributed by atoms with Crippen LogP contribution in [0.5, 0.6) is 0 Å². The Kier molecular flexibility index (Phi) is 9.52. The lowest BCUT2D eigenvalue weighted by molar-refractivity contribution is -0.125. The lowest BCUT2D eigenvalue weighted by atomic mass is 9.76. The average molecular weight is 529 g/mol. The standard InChI is InChI=1S/C28H40N4O4S/c1-20(2)18-32(37(35,36)26-12-10-24(29)11-13-26)25(19-33)9-6-16-31-27(34)21(3)28(30)15-14-22-7-4-5-8-23(22)17-28/h4-5,7-8,10-15,20-21,25,33H,6,9,16-19,29-30H2,1-3H3,(H,31,34)/t21-,25+,28?/m1/s1. The summed E-state index contributed by atoms with van der Waals surface area (Å²) < 4.78 is 28.2. The summed E-state index contributed by atoms with van der Waals surface area (Å²) in [6.07, 6.45) is 5.36. The molecule has 3 rings (SSSR count). The first-order valence-corrected chi connectivity index (χ1v) is 14.2. The first-order chi connectivity index (χ1) is 17.5. The predicted molar refractivity (Wildman–Crippen MR) is 148 cm³/mol. The Balaban J connectivity index is 1.60. The zero-order valence-corrected chi connectivity index (χ0v) is 22.7. The van der Waals surface area contributed by atoms with Gasteiger partial charge in [-0.05, 0) is 60.6 Å². The number of hydrogen-bond acceptors (Lipinski definition) is 6. The lowest BCUT2D eigenvalue weighted by Gasteiger charge is -2.35. The van der Waals surface area contributed by atoms with E-state index in [1.165, 1.54) is 16.4 Å². The highest BCUT2D eigenvalue weighted by atomic mass is 32.2. The van der Waals surface area contributed by atoms with Gasteiger partial charge in [-0.2, -0.15) is 4.31 Å². The van der Waals surface area contributed by atoms with Gasteiger partial charge in [0.05, 0.1) is 17.4 Å². The minimum absolute atomic E-state index is 0.0626. The second-order valence-corrected chi connectivity index (χ2v) is 12.2. The van der Waals surface area contributed by atoms with Crippen molar-refractivity contribution in [3.8, 4) is 0 Å².